The molecule has 0 amide bonds. The summed E-state index contributed by atoms with van der Waals surface area (Å²) in [5.74, 6) is 3.14. The molecule has 0 saturated heterocycles. The molecule has 2 nitrogen and oxygen atoms in total. The van der Waals surface area contributed by atoms with Gasteiger partial charge in [-0.2, -0.15) is 0 Å². The third-order valence-electron chi connectivity index (χ3n) is 4.69. The molecule has 0 aliphatic heterocycles. The van der Waals surface area contributed by atoms with Crippen LogP contribution in [0.15, 0.2) is 0 Å². The van der Waals surface area contributed by atoms with Gasteiger partial charge in [-0.3, -0.25) is 0 Å². The van der Waals surface area contributed by atoms with E-state index >= 15 is 0 Å². The van der Waals surface area contributed by atoms with E-state index in [1.165, 1.54) is 77.8 Å². The van der Waals surface area contributed by atoms with E-state index < -0.39 is 0 Å². The number of hydrogen-bond acceptors (Lipinski definition) is 2. The first-order valence-electron chi connectivity index (χ1n) is 11.6. The van der Waals surface area contributed by atoms with E-state index in [2.05, 4.69) is 65.2 Å². The van der Waals surface area contributed by atoms with Crippen LogP contribution >= 0.6 is 0 Å². The molecular weight excluding hydrogens is 316 g/mol. The highest BCUT2D eigenvalue weighted by Gasteiger charge is 2.10. The summed E-state index contributed by atoms with van der Waals surface area (Å²) in [6, 6.07) is 0. The molecule has 26 heavy (non-hydrogen) atoms. The van der Waals surface area contributed by atoms with E-state index in [-0.39, 0.29) is 0 Å². The molecule has 0 unspecified atom stereocenters. The molecule has 0 fully saturated rings. The molecule has 0 aromatic carbocycles. The van der Waals surface area contributed by atoms with E-state index in [0.29, 0.717) is 0 Å². The van der Waals surface area contributed by atoms with Gasteiger partial charge in [0.1, 0.15) is 0 Å². The van der Waals surface area contributed by atoms with Crippen LogP contribution in [0.4, 0.5) is 0 Å². The van der Waals surface area contributed by atoms with Crippen molar-refractivity contribution in [3.8, 4) is 0 Å². The van der Waals surface area contributed by atoms with Crippen molar-refractivity contribution in [2.45, 2.75) is 93.9 Å². The fourth-order valence-corrected chi connectivity index (χ4v) is 3.96. The smallest absolute Gasteiger partial charge is 0.000449 e. The van der Waals surface area contributed by atoms with Crippen molar-refractivity contribution < 1.29 is 0 Å². The quantitative estimate of drug-likeness (QED) is 0.268. The zero-order valence-electron chi connectivity index (χ0n) is 19.7. The number of nitrogens with zero attached hydrogens (tertiary/aromatic N) is 2. The molecule has 0 rings (SSSR count). The maximum absolute atomic E-state index is 2.69. The molecular formula is C24H52N2. The second kappa shape index (κ2) is 15.9. The first kappa shape index (κ1) is 25.9. The van der Waals surface area contributed by atoms with Gasteiger partial charge in [0.25, 0.3) is 0 Å². The summed E-state index contributed by atoms with van der Waals surface area (Å²) in [7, 11) is 0. The Balaban J connectivity index is 3.77. The first-order valence-corrected chi connectivity index (χ1v) is 11.6. The standard InChI is InChI=1S/C24H52N2/c1-21(2)17-25(18-22(3)4)15-13-11-9-10-12-14-16-26(19-23(5)6)20-24(7)8/h21-24H,9-20H2,1-8H3. The fraction of sp³-hybridized carbons (Fsp3) is 1.00. The highest BCUT2D eigenvalue weighted by molar-refractivity contribution is 4.64. The van der Waals surface area contributed by atoms with Gasteiger partial charge in [-0.15, -0.1) is 0 Å². The van der Waals surface area contributed by atoms with Crippen molar-refractivity contribution in [3.63, 3.8) is 0 Å². The third kappa shape index (κ3) is 17.3. The average molecular weight is 369 g/mol. The Labute approximate surface area is 167 Å². The monoisotopic (exact) mass is 368 g/mol. The predicted molar refractivity (Wildman–Crippen MR) is 120 cm³/mol. The minimum absolute atomic E-state index is 0.786. The maximum atomic E-state index is 2.69. The van der Waals surface area contributed by atoms with Gasteiger partial charge < -0.3 is 9.80 Å². The Kier molecular flexibility index (Phi) is 15.9. The molecule has 2 heteroatoms. The van der Waals surface area contributed by atoms with Crippen LogP contribution in [0.1, 0.15) is 93.9 Å². The van der Waals surface area contributed by atoms with Crippen LogP contribution in [-0.2, 0) is 0 Å². The lowest BCUT2D eigenvalue weighted by molar-refractivity contribution is 0.212. The van der Waals surface area contributed by atoms with E-state index in [1.807, 2.05) is 0 Å². The summed E-state index contributed by atoms with van der Waals surface area (Å²) in [6.07, 6.45) is 8.43. The summed E-state index contributed by atoms with van der Waals surface area (Å²) in [5.41, 5.74) is 0. The molecule has 0 aliphatic rings. The van der Waals surface area contributed by atoms with Crippen molar-refractivity contribution in [2.24, 2.45) is 23.7 Å². The minimum atomic E-state index is 0.786. The number of unbranched alkanes of at least 4 members (excludes halogenated alkanes) is 5. The Morgan fingerprint density at radius 1 is 0.385 bits per heavy atom. The molecule has 0 atom stereocenters. The predicted octanol–water partition coefficient (Wildman–Crippen LogP) is 6.56. The highest BCUT2D eigenvalue weighted by atomic mass is 15.1. The molecule has 0 bridgehead atoms. The zero-order valence-corrected chi connectivity index (χ0v) is 19.7. The molecule has 0 aromatic rings. The van der Waals surface area contributed by atoms with Gasteiger partial charge in [0.2, 0.25) is 0 Å². The second-order valence-electron chi connectivity index (χ2n) is 10.2. The maximum Gasteiger partial charge on any atom is 0.000449 e. The van der Waals surface area contributed by atoms with E-state index in [1.54, 1.807) is 0 Å². The van der Waals surface area contributed by atoms with Crippen molar-refractivity contribution >= 4 is 0 Å². The van der Waals surface area contributed by atoms with E-state index in [9.17, 15) is 0 Å². The van der Waals surface area contributed by atoms with Gasteiger partial charge in [0.05, 0.1) is 0 Å². The molecule has 0 heterocycles. The average Bonchev–Trinajstić information content (AvgIpc) is 2.47. The normalized spacial score (nSPS) is 12.7. The van der Waals surface area contributed by atoms with Crippen LogP contribution in [0.5, 0.6) is 0 Å². The van der Waals surface area contributed by atoms with Gasteiger partial charge in [0, 0.05) is 26.2 Å². The Morgan fingerprint density at radius 3 is 0.846 bits per heavy atom. The second-order valence-corrected chi connectivity index (χ2v) is 10.2. The molecule has 0 spiro atoms. The third-order valence-corrected chi connectivity index (χ3v) is 4.69. The summed E-state index contributed by atoms with van der Waals surface area (Å²) < 4.78 is 0. The van der Waals surface area contributed by atoms with Crippen molar-refractivity contribution in [1.82, 2.24) is 9.80 Å². The van der Waals surface area contributed by atoms with Gasteiger partial charge in [-0.25, -0.2) is 0 Å². The van der Waals surface area contributed by atoms with Crippen LogP contribution in [-0.4, -0.2) is 49.1 Å². The summed E-state index contributed by atoms with van der Waals surface area (Å²) in [5, 5.41) is 0. The first-order chi connectivity index (χ1) is 12.2. The molecule has 0 aliphatic carbocycles. The Bertz CT molecular complexity index is 247. The minimum Gasteiger partial charge on any atom is -0.303 e. The van der Waals surface area contributed by atoms with Gasteiger partial charge in [-0.05, 0) is 49.6 Å². The van der Waals surface area contributed by atoms with E-state index in [0.717, 1.165) is 23.7 Å². The zero-order chi connectivity index (χ0) is 19.9. The van der Waals surface area contributed by atoms with Crippen LogP contribution < -0.4 is 0 Å². The van der Waals surface area contributed by atoms with E-state index in [4.69, 9.17) is 0 Å². The van der Waals surface area contributed by atoms with Crippen molar-refractivity contribution in [3.05, 3.63) is 0 Å². The van der Waals surface area contributed by atoms with Crippen LogP contribution in [0.2, 0.25) is 0 Å². The number of hydrogen-bond donors (Lipinski definition) is 0. The van der Waals surface area contributed by atoms with Gasteiger partial charge in [0.15, 0.2) is 0 Å². The largest absolute Gasteiger partial charge is 0.303 e. The van der Waals surface area contributed by atoms with Crippen LogP contribution in [0.3, 0.4) is 0 Å². The fourth-order valence-electron chi connectivity index (χ4n) is 3.96. The Hall–Kier alpha value is -0.0800. The van der Waals surface area contributed by atoms with Crippen molar-refractivity contribution in [1.29, 1.82) is 0 Å². The molecule has 0 N–H and O–H groups in total. The molecule has 0 aromatic heterocycles. The lowest BCUT2D eigenvalue weighted by atomic mass is 10.1. The Morgan fingerprint density at radius 2 is 0.615 bits per heavy atom. The van der Waals surface area contributed by atoms with Crippen LogP contribution in [0.25, 0.3) is 0 Å². The summed E-state index contributed by atoms with van der Waals surface area (Å²) in [6.45, 7) is 26.4. The van der Waals surface area contributed by atoms with Gasteiger partial charge >= 0.3 is 0 Å². The molecule has 0 saturated carbocycles. The lowest BCUT2D eigenvalue weighted by Gasteiger charge is -2.26. The van der Waals surface area contributed by atoms with Gasteiger partial charge in [-0.1, -0.05) is 81.1 Å². The van der Waals surface area contributed by atoms with Crippen LogP contribution in [0, 0.1) is 23.7 Å². The number of rotatable bonds is 17. The molecule has 158 valence electrons. The highest BCUT2D eigenvalue weighted by Crippen LogP contribution is 2.11. The topological polar surface area (TPSA) is 6.48 Å². The SMILES string of the molecule is CC(C)CN(CCCCCCCCN(CC(C)C)CC(C)C)CC(C)C. The summed E-state index contributed by atoms with van der Waals surface area (Å²) >= 11 is 0. The molecule has 0 radical (unpaired) electrons. The lowest BCUT2D eigenvalue weighted by Crippen LogP contribution is -2.32. The summed E-state index contributed by atoms with van der Waals surface area (Å²) in [4.78, 5) is 5.37. The van der Waals surface area contributed by atoms with Crippen molar-refractivity contribution in [2.75, 3.05) is 39.3 Å².